The van der Waals surface area contributed by atoms with Gasteiger partial charge in [-0.2, -0.15) is 11.8 Å². The van der Waals surface area contributed by atoms with Gasteiger partial charge >= 0.3 is 0 Å². The second-order valence-corrected chi connectivity index (χ2v) is 7.17. The number of hydrogen-bond donors (Lipinski definition) is 3. The van der Waals surface area contributed by atoms with Gasteiger partial charge in [-0.05, 0) is 30.5 Å². The van der Waals surface area contributed by atoms with Gasteiger partial charge in [-0.3, -0.25) is 0 Å². The predicted octanol–water partition coefficient (Wildman–Crippen LogP) is 0.507. The highest BCUT2D eigenvalue weighted by Gasteiger charge is 2.14. The van der Waals surface area contributed by atoms with Crippen LogP contribution in [0.25, 0.3) is 0 Å². The molecular weight excluding hydrogens is 298 g/mol. The normalized spacial score (nSPS) is 12.6. The van der Waals surface area contributed by atoms with Crippen LogP contribution in [-0.2, 0) is 9.84 Å². The van der Waals surface area contributed by atoms with Crippen molar-refractivity contribution in [3.05, 3.63) is 29.8 Å². The molecular formula is C12H19N3O3S2. The van der Waals surface area contributed by atoms with Crippen molar-refractivity contribution in [2.24, 2.45) is 10.9 Å². The number of thioether (sulfide) groups is 1. The average molecular weight is 317 g/mol. The van der Waals surface area contributed by atoms with Crippen LogP contribution in [0, 0.1) is 0 Å². The van der Waals surface area contributed by atoms with Gasteiger partial charge in [-0.25, -0.2) is 8.42 Å². The third kappa shape index (κ3) is 5.03. The summed E-state index contributed by atoms with van der Waals surface area (Å²) in [6.45, 7) is 1.21. The van der Waals surface area contributed by atoms with Crippen molar-refractivity contribution >= 4 is 27.4 Å². The predicted molar refractivity (Wildman–Crippen MR) is 82.3 cm³/mol. The maximum atomic E-state index is 12.1. The fourth-order valence-electron chi connectivity index (χ4n) is 1.51. The van der Waals surface area contributed by atoms with E-state index in [-0.39, 0.29) is 16.5 Å². The highest BCUT2D eigenvalue weighted by molar-refractivity contribution is 7.98. The monoisotopic (exact) mass is 317 g/mol. The lowest BCUT2D eigenvalue weighted by molar-refractivity contribution is 0.318. The van der Waals surface area contributed by atoms with Crippen LogP contribution in [0.2, 0.25) is 0 Å². The number of oxime groups is 1. The van der Waals surface area contributed by atoms with Gasteiger partial charge in [-0.15, -0.1) is 0 Å². The van der Waals surface area contributed by atoms with Crippen molar-refractivity contribution in [3.8, 4) is 0 Å². The summed E-state index contributed by atoms with van der Waals surface area (Å²) in [6.07, 6.45) is 2.00. The Balaban J connectivity index is 2.64. The number of rotatable bonds is 8. The summed E-state index contributed by atoms with van der Waals surface area (Å²) in [7, 11) is -3.31. The summed E-state index contributed by atoms with van der Waals surface area (Å²) < 4.78 is 24.1. The molecule has 0 fully saturated rings. The Hall–Kier alpha value is -1.25. The number of nitrogens with two attached hydrogens (primary N) is 1. The van der Waals surface area contributed by atoms with Crippen LogP contribution in [0.4, 0.5) is 0 Å². The Labute approximate surface area is 123 Å². The van der Waals surface area contributed by atoms with Gasteiger partial charge < -0.3 is 16.3 Å². The van der Waals surface area contributed by atoms with Crippen LogP contribution in [0.1, 0.15) is 5.56 Å². The minimum absolute atomic E-state index is 0.0459. The molecule has 20 heavy (non-hydrogen) atoms. The first-order valence-electron chi connectivity index (χ1n) is 6.01. The highest BCUT2D eigenvalue weighted by atomic mass is 32.2. The summed E-state index contributed by atoms with van der Waals surface area (Å²) in [4.78, 5) is 0.235. The molecule has 6 nitrogen and oxygen atoms in total. The molecule has 0 unspecified atom stereocenters. The van der Waals surface area contributed by atoms with E-state index in [1.807, 2.05) is 6.26 Å². The zero-order chi connectivity index (χ0) is 15.0. The molecule has 0 atom stereocenters. The van der Waals surface area contributed by atoms with Gasteiger partial charge in [0.15, 0.2) is 15.7 Å². The average Bonchev–Trinajstić information content (AvgIpc) is 2.46. The lowest BCUT2D eigenvalue weighted by atomic mass is 10.2. The van der Waals surface area contributed by atoms with Crippen molar-refractivity contribution in [3.63, 3.8) is 0 Å². The standard InChI is InChI=1S/C12H19N3O3S2/c1-19-8-6-14-7-9-20(17,18)11-4-2-10(3-5-11)12(13)15-16/h2-5,14,16H,6-9H2,1H3,(H2,13,15). The molecule has 0 radical (unpaired) electrons. The first-order valence-corrected chi connectivity index (χ1v) is 9.06. The molecule has 1 aromatic carbocycles. The second-order valence-electron chi connectivity index (χ2n) is 4.07. The summed E-state index contributed by atoms with van der Waals surface area (Å²) in [5, 5.41) is 14.5. The van der Waals surface area contributed by atoms with E-state index >= 15 is 0 Å². The minimum Gasteiger partial charge on any atom is -0.409 e. The van der Waals surface area contributed by atoms with Crippen LogP contribution in [0.3, 0.4) is 0 Å². The van der Waals surface area contributed by atoms with Crippen molar-refractivity contribution in [2.45, 2.75) is 4.90 Å². The Morgan fingerprint density at radius 2 is 2.00 bits per heavy atom. The third-order valence-corrected chi connectivity index (χ3v) is 4.99. The maximum absolute atomic E-state index is 12.1. The van der Waals surface area contributed by atoms with Crippen molar-refractivity contribution < 1.29 is 13.6 Å². The molecule has 0 aliphatic rings. The molecule has 0 heterocycles. The van der Waals surface area contributed by atoms with Crippen LogP contribution >= 0.6 is 11.8 Å². The zero-order valence-corrected chi connectivity index (χ0v) is 12.9. The van der Waals surface area contributed by atoms with Crippen LogP contribution in [0.15, 0.2) is 34.3 Å². The van der Waals surface area contributed by atoms with E-state index in [1.54, 1.807) is 11.8 Å². The Morgan fingerprint density at radius 1 is 1.35 bits per heavy atom. The second kappa shape index (κ2) is 8.13. The van der Waals surface area contributed by atoms with Gasteiger partial charge in [0.2, 0.25) is 0 Å². The van der Waals surface area contributed by atoms with E-state index in [9.17, 15) is 8.42 Å². The highest BCUT2D eigenvalue weighted by Crippen LogP contribution is 2.12. The van der Waals surface area contributed by atoms with E-state index in [4.69, 9.17) is 10.9 Å². The summed E-state index contributed by atoms with van der Waals surface area (Å²) in [5.41, 5.74) is 5.90. The fourth-order valence-corrected chi connectivity index (χ4v) is 3.06. The minimum atomic E-state index is -3.31. The largest absolute Gasteiger partial charge is 0.409 e. The molecule has 1 aromatic rings. The number of nitrogens with one attached hydrogen (secondary N) is 1. The molecule has 4 N–H and O–H groups in total. The molecule has 0 aliphatic heterocycles. The maximum Gasteiger partial charge on any atom is 0.179 e. The Bertz CT molecular complexity index is 542. The number of benzene rings is 1. The Morgan fingerprint density at radius 3 is 2.55 bits per heavy atom. The summed E-state index contributed by atoms with van der Waals surface area (Å²) in [6, 6.07) is 5.96. The fraction of sp³-hybridized carbons (Fsp3) is 0.417. The molecule has 0 bridgehead atoms. The zero-order valence-electron chi connectivity index (χ0n) is 11.2. The van der Waals surface area contributed by atoms with E-state index in [2.05, 4.69) is 10.5 Å². The molecule has 0 spiro atoms. The Kier molecular flexibility index (Phi) is 6.83. The quantitative estimate of drug-likeness (QED) is 0.212. The van der Waals surface area contributed by atoms with Gasteiger partial charge in [0.1, 0.15) is 0 Å². The van der Waals surface area contributed by atoms with Gasteiger partial charge in [-0.1, -0.05) is 5.16 Å². The van der Waals surface area contributed by atoms with Gasteiger partial charge in [0, 0.05) is 24.4 Å². The van der Waals surface area contributed by atoms with Crippen LogP contribution in [-0.4, -0.2) is 50.3 Å². The number of nitrogens with zero attached hydrogens (tertiary/aromatic N) is 1. The molecule has 112 valence electrons. The van der Waals surface area contributed by atoms with E-state index < -0.39 is 9.84 Å². The number of amidine groups is 1. The van der Waals surface area contributed by atoms with E-state index in [1.165, 1.54) is 24.3 Å². The van der Waals surface area contributed by atoms with E-state index in [0.717, 1.165) is 12.3 Å². The summed E-state index contributed by atoms with van der Waals surface area (Å²) >= 11 is 1.71. The molecule has 1 rings (SSSR count). The third-order valence-electron chi connectivity index (χ3n) is 2.65. The summed E-state index contributed by atoms with van der Waals surface area (Å²) in [5.74, 6) is 0.950. The lowest BCUT2D eigenvalue weighted by Crippen LogP contribution is -2.25. The lowest BCUT2D eigenvalue weighted by Gasteiger charge is -2.06. The first-order chi connectivity index (χ1) is 9.51. The molecule has 0 amide bonds. The first kappa shape index (κ1) is 16.8. The molecule has 8 heteroatoms. The number of hydrogen-bond acceptors (Lipinski definition) is 6. The topological polar surface area (TPSA) is 105 Å². The number of sulfone groups is 1. The smallest absolute Gasteiger partial charge is 0.179 e. The molecule has 0 saturated heterocycles. The van der Waals surface area contributed by atoms with Crippen molar-refractivity contribution in [1.82, 2.24) is 5.32 Å². The van der Waals surface area contributed by atoms with Crippen molar-refractivity contribution in [1.29, 1.82) is 0 Å². The van der Waals surface area contributed by atoms with E-state index in [0.29, 0.717) is 12.1 Å². The molecule has 0 aliphatic carbocycles. The SMILES string of the molecule is CSCCNCCS(=O)(=O)c1ccc(/C(N)=N/O)cc1. The molecule has 0 saturated carbocycles. The van der Waals surface area contributed by atoms with Crippen LogP contribution < -0.4 is 11.1 Å². The van der Waals surface area contributed by atoms with Gasteiger partial charge in [0.25, 0.3) is 0 Å². The van der Waals surface area contributed by atoms with Gasteiger partial charge in [0.05, 0.1) is 10.6 Å². The molecule has 0 aromatic heterocycles. The van der Waals surface area contributed by atoms with Crippen molar-refractivity contribution in [2.75, 3.05) is 30.9 Å². The van der Waals surface area contributed by atoms with Crippen LogP contribution in [0.5, 0.6) is 0 Å².